The predicted molar refractivity (Wildman–Crippen MR) is 46.7 cm³/mol. The van der Waals surface area contributed by atoms with Gasteiger partial charge in [0.25, 0.3) is 0 Å². The van der Waals surface area contributed by atoms with Gasteiger partial charge in [-0.3, -0.25) is 5.10 Å². The van der Waals surface area contributed by atoms with Crippen molar-refractivity contribution in [1.29, 1.82) is 0 Å². The van der Waals surface area contributed by atoms with Crippen LogP contribution in [0.1, 0.15) is 11.7 Å². The minimum atomic E-state index is 0.483. The van der Waals surface area contributed by atoms with E-state index in [9.17, 15) is 0 Å². The van der Waals surface area contributed by atoms with Gasteiger partial charge in [0.1, 0.15) is 0 Å². The molecule has 0 aliphatic carbocycles. The van der Waals surface area contributed by atoms with Crippen molar-refractivity contribution in [2.45, 2.75) is 6.04 Å². The van der Waals surface area contributed by atoms with Crippen LogP contribution < -0.4 is 5.32 Å². The van der Waals surface area contributed by atoms with Crippen molar-refractivity contribution in [1.82, 2.24) is 15.5 Å². The normalized spacial score (nSPS) is 25.3. The van der Waals surface area contributed by atoms with Crippen LogP contribution in [-0.2, 0) is 0 Å². The molecule has 0 bridgehead atoms. The van der Waals surface area contributed by atoms with E-state index in [-0.39, 0.29) is 0 Å². The van der Waals surface area contributed by atoms with E-state index in [0.29, 0.717) is 6.04 Å². The fraction of sp³-hybridized carbons (Fsp3) is 0.571. The highest BCUT2D eigenvalue weighted by molar-refractivity contribution is 7.99. The van der Waals surface area contributed by atoms with Crippen LogP contribution in [0.3, 0.4) is 0 Å². The summed E-state index contributed by atoms with van der Waals surface area (Å²) in [7, 11) is 0. The Kier molecular flexibility index (Phi) is 2.14. The molecule has 1 aromatic heterocycles. The molecular formula is C7H11N3S. The summed E-state index contributed by atoms with van der Waals surface area (Å²) in [5.41, 5.74) is 1.21. The molecule has 0 aromatic carbocycles. The summed E-state index contributed by atoms with van der Waals surface area (Å²) in [5, 5.41) is 10.3. The van der Waals surface area contributed by atoms with E-state index in [1.807, 2.05) is 17.8 Å². The van der Waals surface area contributed by atoms with Gasteiger partial charge in [-0.05, 0) is 6.07 Å². The minimum absolute atomic E-state index is 0.483. The van der Waals surface area contributed by atoms with Crippen LogP contribution in [0.5, 0.6) is 0 Å². The number of hydrogen-bond donors (Lipinski definition) is 2. The lowest BCUT2D eigenvalue weighted by Crippen LogP contribution is -2.30. The first-order chi connectivity index (χ1) is 5.47. The number of thioether (sulfide) groups is 1. The molecular weight excluding hydrogens is 158 g/mol. The topological polar surface area (TPSA) is 40.7 Å². The first kappa shape index (κ1) is 7.18. The first-order valence-electron chi connectivity index (χ1n) is 3.77. The number of hydrogen-bond acceptors (Lipinski definition) is 3. The van der Waals surface area contributed by atoms with Gasteiger partial charge in [-0.15, -0.1) is 0 Å². The van der Waals surface area contributed by atoms with Crippen LogP contribution in [-0.4, -0.2) is 28.2 Å². The second kappa shape index (κ2) is 3.28. The molecule has 1 aliphatic rings. The zero-order chi connectivity index (χ0) is 7.52. The average Bonchev–Trinajstić information content (AvgIpc) is 2.58. The second-order valence-electron chi connectivity index (χ2n) is 2.59. The van der Waals surface area contributed by atoms with E-state index in [0.717, 1.165) is 12.3 Å². The van der Waals surface area contributed by atoms with Gasteiger partial charge < -0.3 is 5.32 Å². The van der Waals surface area contributed by atoms with E-state index >= 15 is 0 Å². The summed E-state index contributed by atoms with van der Waals surface area (Å²) >= 11 is 1.99. The van der Waals surface area contributed by atoms with Crippen LogP contribution in [0.4, 0.5) is 0 Å². The Morgan fingerprint density at radius 1 is 1.64 bits per heavy atom. The predicted octanol–water partition coefficient (Wildman–Crippen LogP) is 0.787. The smallest absolute Gasteiger partial charge is 0.0581 e. The minimum Gasteiger partial charge on any atom is -0.307 e. The van der Waals surface area contributed by atoms with Crippen LogP contribution in [0.15, 0.2) is 12.3 Å². The third-order valence-corrected chi connectivity index (χ3v) is 2.88. The quantitative estimate of drug-likeness (QED) is 0.653. The maximum Gasteiger partial charge on any atom is 0.0581 e. The molecule has 0 spiro atoms. The summed E-state index contributed by atoms with van der Waals surface area (Å²) in [6.45, 7) is 1.11. The number of H-pyrrole nitrogens is 1. The van der Waals surface area contributed by atoms with Gasteiger partial charge >= 0.3 is 0 Å². The van der Waals surface area contributed by atoms with E-state index in [2.05, 4.69) is 15.5 Å². The van der Waals surface area contributed by atoms with E-state index < -0.39 is 0 Å². The highest BCUT2D eigenvalue weighted by Crippen LogP contribution is 2.19. The Labute approximate surface area is 70.0 Å². The fourth-order valence-electron chi connectivity index (χ4n) is 1.23. The van der Waals surface area contributed by atoms with E-state index in [4.69, 9.17) is 0 Å². The van der Waals surface area contributed by atoms with Crippen molar-refractivity contribution in [3.63, 3.8) is 0 Å². The van der Waals surface area contributed by atoms with Crippen LogP contribution in [0.25, 0.3) is 0 Å². The number of nitrogens with one attached hydrogen (secondary N) is 2. The molecule has 1 aliphatic heterocycles. The second-order valence-corrected chi connectivity index (χ2v) is 3.74. The highest BCUT2D eigenvalue weighted by Gasteiger charge is 2.15. The van der Waals surface area contributed by atoms with Crippen LogP contribution in [0, 0.1) is 0 Å². The van der Waals surface area contributed by atoms with Crippen molar-refractivity contribution >= 4 is 11.8 Å². The van der Waals surface area contributed by atoms with Gasteiger partial charge in [0.05, 0.1) is 11.7 Å². The molecule has 0 radical (unpaired) electrons. The van der Waals surface area contributed by atoms with Crippen molar-refractivity contribution in [2.75, 3.05) is 18.1 Å². The molecule has 2 N–H and O–H groups in total. The number of aromatic nitrogens is 2. The molecule has 2 rings (SSSR count). The Morgan fingerprint density at radius 2 is 2.64 bits per heavy atom. The average molecular weight is 169 g/mol. The summed E-state index contributed by atoms with van der Waals surface area (Å²) in [4.78, 5) is 0. The number of aromatic amines is 1. The Hall–Kier alpha value is -0.480. The maximum absolute atomic E-state index is 3.92. The van der Waals surface area contributed by atoms with Gasteiger partial charge in [0, 0.05) is 24.2 Å². The number of nitrogens with zero attached hydrogens (tertiary/aromatic N) is 1. The first-order valence-corrected chi connectivity index (χ1v) is 4.93. The summed E-state index contributed by atoms with van der Waals surface area (Å²) < 4.78 is 0. The molecule has 60 valence electrons. The molecule has 3 nitrogen and oxygen atoms in total. The van der Waals surface area contributed by atoms with Crippen molar-refractivity contribution in [3.8, 4) is 0 Å². The van der Waals surface area contributed by atoms with Crippen molar-refractivity contribution in [3.05, 3.63) is 18.0 Å². The number of rotatable bonds is 1. The Balaban J connectivity index is 2.04. The maximum atomic E-state index is 3.92. The molecule has 1 fully saturated rings. The molecule has 11 heavy (non-hydrogen) atoms. The van der Waals surface area contributed by atoms with Gasteiger partial charge in [-0.1, -0.05) is 0 Å². The lowest BCUT2D eigenvalue weighted by atomic mass is 10.2. The highest BCUT2D eigenvalue weighted by atomic mass is 32.2. The van der Waals surface area contributed by atoms with Gasteiger partial charge in [-0.25, -0.2) is 0 Å². The molecule has 1 unspecified atom stereocenters. The third kappa shape index (κ3) is 1.57. The molecule has 2 heterocycles. The summed E-state index contributed by atoms with van der Waals surface area (Å²) in [6.07, 6.45) is 1.80. The van der Waals surface area contributed by atoms with Crippen LogP contribution in [0.2, 0.25) is 0 Å². The van der Waals surface area contributed by atoms with Crippen LogP contribution >= 0.6 is 11.8 Å². The lowest BCUT2D eigenvalue weighted by Gasteiger charge is -2.21. The zero-order valence-electron chi connectivity index (χ0n) is 6.21. The van der Waals surface area contributed by atoms with Gasteiger partial charge in [0.2, 0.25) is 0 Å². The van der Waals surface area contributed by atoms with Crippen molar-refractivity contribution in [2.24, 2.45) is 0 Å². The molecule has 4 heteroatoms. The Morgan fingerprint density at radius 3 is 3.27 bits per heavy atom. The van der Waals surface area contributed by atoms with Gasteiger partial charge in [0.15, 0.2) is 0 Å². The molecule has 0 amide bonds. The standard InChI is InChI=1S/C7H11N3S/c1-2-9-10-6(1)7-5-11-4-3-8-7/h1-2,7-8H,3-5H2,(H,9,10). The zero-order valence-corrected chi connectivity index (χ0v) is 7.03. The third-order valence-electron chi connectivity index (χ3n) is 1.82. The monoisotopic (exact) mass is 169 g/mol. The van der Waals surface area contributed by atoms with Gasteiger partial charge in [-0.2, -0.15) is 16.9 Å². The Bertz CT molecular complexity index is 203. The largest absolute Gasteiger partial charge is 0.307 e. The fourth-order valence-corrected chi connectivity index (χ4v) is 2.19. The van der Waals surface area contributed by atoms with E-state index in [1.54, 1.807) is 6.20 Å². The van der Waals surface area contributed by atoms with Crippen molar-refractivity contribution < 1.29 is 0 Å². The SMILES string of the molecule is c1cc(C2CSCCN2)[nH]n1. The molecule has 1 atom stereocenters. The summed E-state index contributed by atoms with van der Waals surface area (Å²) in [5.74, 6) is 2.38. The molecule has 0 saturated carbocycles. The lowest BCUT2D eigenvalue weighted by molar-refractivity contribution is 0.579. The summed E-state index contributed by atoms with van der Waals surface area (Å²) in [6, 6.07) is 2.51. The molecule has 1 saturated heterocycles. The van der Waals surface area contributed by atoms with E-state index in [1.165, 1.54) is 11.4 Å². The molecule has 1 aromatic rings.